The van der Waals surface area contributed by atoms with Gasteiger partial charge in [0, 0.05) is 37.2 Å². The number of benzene rings is 2. The van der Waals surface area contributed by atoms with Crippen LogP contribution in [0.2, 0.25) is 0 Å². The summed E-state index contributed by atoms with van der Waals surface area (Å²) in [6.45, 7) is 4.43. The second-order valence-corrected chi connectivity index (χ2v) is 7.43. The Morgan fingerprint density at radius 3 is 2.58 bits per heavy atom. The molecule has 0 saturated heterocycles. The standard InChI is InChI=1S/C25H29N5O2.ClH/c1-3-19-11-22(13-24(12-19)28-15-21-5-4-10-27-14-21)25(17-32-18(2)31)30-23-8-6-20(7-9-23)16-29-26;/h4-14,16,25,28,30H,3,15,17,26H2,1-2H3;1H. The molecular formula is C25H30ClN5O2. The van der Waals surface area contributed by atoms with E-state index in [9.17, 15) is 4.79 Å². The van der Waals surface area contributed by atoms with E-state index in [2.05, 4.69) is 45.8 Å². The lowest BCUT2D eigenvalue weighted by atomic mass is 10.0. The minimum absolute atomic E-state index is 0. The van der Waals surface area contributed by atoms with Crippen molar-refractivity contribution in [2.75, 3.05) is 17.2 Å². The average Bonchev–Trinajstić information content (AvgIpc) is 2.82. The van der Waals surface area contributed by atoms with Crippen LogP contribution < -0.4 is 16.5 Å². The largest absolute Gasteiger partial charge is 0.463 e. The zero-order chi connectivity index (χ0) is 22.8. The number of rotatable bonds is 10. The average molecular weight is 468 g/mol. The van der Waals surface area contributed by atoms with Crippen LogP contribution >= 0.6 is 12.4 Å². The minimum Gasteiger partial charge on any atom is -0.463 e. The Morgan fingerprint density at radius 1 is 1.15 bits per heavy atom. The normalized spacial score (nSPS) is 11.5. The quantitative estimate of drug-likeness (QED) is 0.173. The summed E-state index contributed by atoms with van der Waals surface area (Å²) in [6.07, 6.45) is 6.09. The van der Waals surface area contributed by atoms with Crippen LogP contribution in [-0.4, -0.2) is 23.8 Å². The molecule has 3 rings (SSSR count). The van der Waals surface area contributed by atoms with Gasteiger partial charge in [-0.2, -0.15) is 5.10 Å². The van der Waals surface area contributed by atoms with Gasteiger partial charge in [0.25, 0.3) is 0 Å². The summed E-state index contributed by atoms with van der Waals surface area (Å²) in [5.74, 6) is 4.91. The summed E-state index contributed by atoms with van der Waals surface area (Å²) in [6, 6.07) is 17.9. The van der Waals surface area contributed by atoms with Gasteiger partial charge in [0.1, 0.15) is 6.61 Å². The van der Waals surface area contributed by atoms with E-state index in [1.54, 1.807) is 12.4 Å². The maximum atomic E-state index is 11.5. The number of pyridine rings is 1. The van der Waals surface area contributed by atoms with Gasteiger partial charge in [0.2, 0.25) is 0 Å². The molecule has 174 valence electrons. The van der Waals surface area contributed by atoms with Gasteiger partial charge in [-0.1, -0.05) is 31.2 Å². The fourth-order valence-corrected chi connectivity index (χ4v) is 3.31. The van der Waals surface area contributed by atoms with E-state index in [0.717, 1.165) is 34.5 Å². The number of nitrogens with two attached hydrogens (primary N) is 1. The van der Waals surface area contributed by atoms with Crippen molar-refractivity contribution in [3.05, 3.63) is 89.2 Å². The van der Waals surface area contributed by atoms with Gasteiger partial charge >= 0.3 is 5.97 Å². The maximum absolute atomic E-state index is 11.5. The van der Waals surface area contributed by atoms with E-state index in [-0.39, 0.29) is 31.0 Å². The summed E-state index contributed by atoms with van der Waals surface area (Å²) in [4.78, 5) is 15.7. The number of anilines is 2. The molecule has 7 nitrogen and oxygen atoms in total. The number of halogens is 1. The van der Waals surface area contributed by atoms with Crippen molar-refractivity contribution in [2.45, 2.75) is 32.9 Å². The molecule has 0 spiro atoms. The Labute approximate surface area is 200 Å². The SMILES string of the molecule is CCc1cc(NCc2cccnc2)cc(C(COC(C)=O)Nc2ccc(C=NN)cc2)c1.Cl. The molecule has 1 heterocycles. The molecule has 8 heteroatoms. The van der Waals surface area contributed by atoms with Gasteiger partial charge in [0.05, 0.1) is 12.3 Å². The van der Waals surface area contributed by atoms with Crippen molar-refractivity contribution < 1.29 is 9.53 Å². The summed E-state index contributed by atoms with van der Waals surface area (Å²) in [7, 11) is 0. The third kappa shape index (κ3) is 8.12. The molecule has 0 aliphatic heterocycles. The van der Waals surface area contributed by atoms with Crippen molar-refractivity contribution in [1.29, 1.82) is 0 Å². The molecule has 1 atom stereocenters. The summed E-state index contributed by atoms with van der Waals surface area (Å²) in [5, 5.41) is 10.5. The molecule has 1 aromatic heterocycles. The number of aryl methyl sites for hydroxylation is 1. The smallest absolute Gasteiger partial charge is 0.302 e. The van der Waals surface area contributed by atoms with E-state index in [0.29, 0.717) is 6.54 Å². The van der Waals surface area contributed by atoms with E-state index in [4.69, 9.17) is 10.6 Å². The zero-order valence-corrected chi connectivity index (χ0v) is 19.6. The number of ether oxygens (including phenoxy) is 1. The van der Waals surface area contributed by atoms with Crippen LogP contribution in [0.1, 0.15) is 42.1 Å². The highest BCUT2D eigenvalue weighted by Gasteiger charge is 2.15. The van der Waals surface area contributed by atoms with Crippen molar-refractivity contribution >= 4 is 36.0 Å². The van der Waals surface area contributed by atoms with Gasteiger partial charge in [0.15, 0.2) is 0 Å². The highest BCUT2D eigenvalue weighted by Crippen LogP contribution is 2.26. The number of hydrogen-bond donors (Lipinski definition) is 3. The minimum atomic E-state index is -0.312. The zero-order valence-electron chi connectivity index (χ0n) is 18.8. The van der Waals surface area contributed by atoms with Crippen LogP contribution in [0.5, 0.6) is 0 Å². The highest BCUT2D eigenvalue weighted by atomic mass is 35.5. The van der Waals surface area contributed by atoms with E-state index < -0.39 is 0 Å². The molecule has 0 aliphatic carbocycles. The first-order chi connectivity index (χ1) is 15.6. The molecule has 0 bridgehead atoms. The van der Waals surface area contributed by atoms with Crippen LogP contribution in [0.3, 0.4) is 0 Å². The van der Waals surface area contributed by atoms with Crippen LogP contribution in [0.15, 0.2) is 72.1 Å². The molecule has 0 aliphatic rings. The first kappa shape index (κ1) is 25.7. The third-order valence-corrected chi connectivity index (χ3v) is 4.97. The lowest BCUT2D eigenvalue weighted by molar-refractivity contribution is -0.141. The maximum Gasteiger partial charge on any atom is 0.302 e. The van der Waals surface area contributed by atoms with Crippen molar-refractivity contribution in [1.82, 2.24) is 4.98 Å². The lowest BCUT2D eigenvalue weighted by Gasteiger charge is -2.22. The van der Waals surface area contributed by atoms with Crippen LogP contribution in [0.4, 0.5) is 11.4 Å². The molecule has 0 radical (unpaired) electrons. The fourth-order valence-electron chi connectivity index (χ4n) is 3.31. The third-order valence-electron chi connectivity index (χ3n) is 4.97. The monoisotopic (exact) mass is 467 g/mol. The number of carbonyl (C=O) groups is 1. The van der Waals surface area contributed by atoms with Crippen LogP contribution in [-0.2, 0) is 22.5 Å². The van der Waals surface area contributed by atoms with Gasteiger partial charge in [-0.3, -0.25) is 9.78 Å². The Morgan fingerprint density at radius 2 is 1.94 bits per heavy atom. The summed E-state index contributed by atoms with van der Waals surface area (Å²) < 4.78 is 5.37. The second kappa shape index (κ2) is 13.1. The number of aromatic nitrogens is 1. The molecule has 0 amide bonds. The Bertz CT molecular complexity index is 1040. The van der Waals surface area contributed by atoms with Crippen molar-refractivity contribution in [3.8, 4) is 0 Å². The second-order valence-electron chi connectivity index (χ2n) is 7.43. The van der Waals surface area contributed by atoms with E-state index >= 15 is 0 Å². The molecular weight excluding hydrogens is 438 g/mol. The number of carbonyl (C=O) groups excluding carboxylic acids is 1. The fraction of sp³-hybridized carbons (Fsp3) is 0.240. The Hall–Kier alpha value is -3.58. The Balaban J connectivity index is 0.00000385. The van der Waals surface area contributed by atoms with Crippen LogP contribution in [0.25, 0.3) is 0 Å². The Kier molecular flexibility index (Phi) is 10.2. The molecule has 2 aromatic carbocycles. The molecule has 33 heavy (non-hydrogen) atoms. The molecule has 0 fully saturated rings. The summed E-state index contributed by atoms with van der Waals surface area (Å²) in [5.41, 5.74) is 6.15. The van der Waals surface area contributed by atoms with Gasteiger partial charge in [-0.15, -0.1) is 12.4 Å². The number of nitrogens with one attached hydrogen (secondary N) is 2. The van der Waals surface area contributed by atoms with E-state index in [1.807, 2.05) is 42.6 Å². The number of esters is 1. The predicted octanol–water partition coefficient (Wildman–Crippen LogP) is 4.69. The first-order valence-electron chi connectivity index (χ1n) is 10.6. The highest BCUT2D eigenvalue weighted by molar-refractivity contribution is 5.85. The number of nitrogens with zero attached hydrogens (tertiary/aromatic N) is 2. The molecule has 1 unspecified atom stereocenters. The van der Waals surface area contributed by atoms with Gasteiger partial charge in [-0.05, 0) is 59.0 Å². The number of hydrogen-bond acceptors (Lipinski definition) is 7. The van der Waals surface area contributed by atoms with Gasteiger partial charge < -0.3 is 21.2 Å². The first-order valence-corrected chi connectivity index (χ1v) is 10.6. The topological polar surface area (TPSA) is 102 Å². The predicted molar refractivity (Wildman–Crippen MR) is 136 cm³/mol. The van der Waals surface area contributed by atoms with E-state index in [1.165, 1.54) is 12.5 Å². The molecule has 0 saturated carbocycles. The van der Waals surface area contributed by atoms with Crippen molar-refractivity contribution in [3.63, 3.8) is 0 Å². The lowest BCUT2D eigenvalue weighted by Crippen LogP contribution is -2.19. The number of hydrazone groups is 1. The summed E-state index contributed by atoms with van der Waals surface area (Å²) >= 11 is 0. The molecule has 3 aromatic rings. The van der Waals surface area contributed by atoms with Crippen molar-refractivity contribution in [2.24, 2.45) is 10.9 Å². The molecule has 4 N–H and O–H groups in total. The van der Waals surface area contributed by atoms with Gasteiger partial charge in [-0.25, -0.2) is 0 Å². The van der Waals surface area contributed by atoms with Crippen LogP contribution in [0, 0.1) is 0 Å².